The Hall–Kier alpha value is -0.0700. The lowest BCUT2D eigenvalue weighted by molar-refractivity contribution is -0.138. The Morgan fingerprint density at radius 3 is 2.26 bits per heavy atom. The van der Waals surface area contributed by atoms with E-state index in [9.17, 15) is 4.79 Å². The summed E-state index contributed by atoms with van der Waals surface area (Å²) in [6.07, 6.45) is 8.44. The second-order valence-electron chi connectivity index (χ2n) is 8.70. The van der Waals surface area contributed by atoms with Gasteiger partial charge < -0.3 is 15.4 Å². The number of nitrogens with zero attached hydrogens (tertiary/aromatic N) is 2. The first-order valence-corrected chi connectivity index (χ1v) is 10.4. The van der Waals surface area contributed by atoms with Gasteiger partial charge in [0.2, 0.25) is 5.91 Å². The average Bonchev–Trinajstić information content (AvgIpc) is 2.59. The lowest BCUT2D eigenvalue weighted by Crippen LogP contribution is -2.47. The molecule has 4 unspecified atom stereocenters. The molecule has 0 aromatic heterocycles. The van der Waals surface area contributed by atoms with Crippen LogP contribution in [0, 0.1) is 11.8 Å². The lowest BCUT2D eigenvalue weighted by atomic mass is 9.84. The maximum Gasteiger partial charge on any atom is 0.225 e. The Labute approximate surface area is 177 Å². The van der Waals surface area contributed by atoms with Crippen LogP contribution >= 0.6 is 24.8 Å². The van der Waals surface area contributed by atoms with Gasteiger partial charge >= 0.3 is 0 Å². The summed E-state index contributed by atoms with van der Waals surface area (Å²) in [5, 5.41) is 0. The number of hydrogen-bond acceptors (Lipinski definition) is 4. The number of halogens is 2. The molecular formula is C20H39Cl2N3O2. The summed E-state index contributed by atoms with van der Waals surface area (Å²) in [5.41, 5.74) is 6.06. The lowest BCUT2D eigenvalue weighted by Gasteiger charge is -2.38. The van der Waals surface area contributed by atoms with Crippen molar-refractivity contribution in [2.75, 3.05) is 32.7 Å². The summed E-state index contributed by atoms with van der Waals surface area (Å²) in [6, 6.07) is 0.235. The van der Waals surface area contributed by atoms with Crippen LogP contribution in [0.3, 0.4) is 0 Å². The molecule has 0 bridgehead atoms. The van der Waals surface area contributed by atoms with E-state index in [1.807, 2.05) is 0 Å². The molecule has 2 heterocycles. The molecule has 2 aliphatic heterocycles. The standard InChI is InChI=1S/C20H37N3O2.2ClH/c1-15-13-22(14-16(2)25-15)9-6-17-7-10-23(11-8-17)20(24)18-4-3-5-19(21)12-18;;/h15-19H,3-14,21H2,1-2H3;2*1H. The second kappa shape index (κ2) is 11.8. The van der Waals surface area contributed by atoms with Crippen molar-refractivity contribution in [3.63, 3.8) is 0 Å². The average molecular weight is 424 g/mol. The number of piperidine rings is 1. The third-order valence-electron chi connectivity index (χ3n) is 6.34. The predicted molar refractivity (Wildman–Crippen MR) is 115 cm³/mol. The van der Waals surface area contributed by atoms with Crippen LogP contribution in [0.2, 0.25) is 0 Å². The van der Waals surface area contributed by atoms with Crippen LogP contribution < -0.4 is 5.73 Å². The van der Waals surface area contributed by atoms with E-state index in [1.165, 1.54) is 25.8 Å². The first-order chi connectivity index (χ1) is 12.0. The number of amides is 1. The number of hydrogen-bond donors (Lipinski definition) is 1. The van der Waals surface area contributed by atoms with Crippen LogP contribution in [0.4, 0.5) is 0 Å². The third-order valence-corrected chi connectivity index (χ3v) is 6.34. The Bertz CT molecular complexity index is 437. The summed E-state index contributed by atoms with van der Waals surface area (Å²) in [4.78, 5) is 17.4. The van der Waals surface area contributed by atoms with Gasteiger partial charge in [0.1, 0.15) is 0 Å². The fraction of sp³-hybridized carbons (Fsp3) is 0.950. The van der Waals surface area contributed by atoms with Crippen molar-refractivity contribution >= 4 is 30.7 Å². The molecule has 160 valence electrons. The van der Waals surface area contributed by atoms with Crippen molar-refractivity contribution < 1.29 is 9.53 Å². The molecule has 1 amide bonds. The highest BCUT2D eigenvalue weighted by Gasteiger charge is 2.31. The van der Waals surface area contributed by atoms with Gasteiger partial charge in [0.05, 0.1) is 12.2 Å². The number of rotatable bonds is 4. The first kappa shape index (κ1) is 25.0. The van der Waals surface area contributed by atoms with Crippen LogP contribution in [0.1, 0.15) is 58.8 Å². The van der Waals surface area contributed by atoms with Gasteiger partial charge in [-0.1, -0.05) is 6.42 Å². The largest absolute Gasteiger partial charge is 0.373 e. The van der Waals surface area contributed by atoms with Gasteiger partial charge in [-0.2, -0.15) is 0 Å². The van der Waals surface area contributed by atoms with Crippen LogP contribution in [0.5, 0.6) is 0 Å². The molecule has 5 nitrogen and oxygen atoms in total. The quantitative estimate of drug-likeness (QED) is 0.754. The van der Waals surface area contributed by atoms with Crippen molar-refractivity contribution in [1.82, 2.24) is 9.80 Å². The summed E-state index contributed by atoms with van der Waals surface area (Å²) < 4.78 is 5.82. The number of morpholine rings is 1. The highest BCUT2D eigenvalue weighted by atomic mass is 35.5. The monoisotopic (exact) mass is 423 g/mol. The van der Waals surface area contributed by atoms with Gasteiger partial charge in [0, 0.05) is 38.1 Å². The summed E-state index contributed by atoms with van der Waals surface area (Å²) >= 11 is 0. The molecule has 0 aromatic carbocycles. The minimum Gasteiger partial charge on any atom is -0.373 e. The van der Waals surface area contributed by atoms with E-state index in [0.29, 0.717) is 18.1 Å². The zero-order chi connectivity index (χ0) is 17.8. The van der Waals surface area contributed by atoms with Crippen molar-refractivity contribution in [1.29, 1.82) is 0 Å². The van der Waals surface area contributed by atoms with Gasteiger partial charge in [0.15, 0.2) is 0 Å². The predicted octanol–water partition coefficient (Wildman–Crippen LogP) is 3.09. The number of likely N-dealkylation sites (tertiary alicyclic amines) is 1. The number of carbonyl (C=O) groups is 1. The maximum absolute atomic E-state index is 12.7. The van der Waals surface area contributed by atoms with E-state index >= 15 is 0 Å². The molecule has 3 fully saturated rings. The molecule has 1 aliphatic carbocycles. The molecule has 7 heteroatoms. The Balaban J connectivity index is 0.00000182. The van der Waals surface area contributed by atoms with Crippen molar-refractivity contribution in [2.45, 2.75) is 77.0 Å². The molecule has 0 spiro atoms. The van der Waals surface area contributed by atoms with Crippen molar-refractivity contribution in [3.05, 3.63) is 0 Å². The smallest absolute Gasteiger partial charge is 0.225 e. The molecule has 2 N–H and O–H groups in total. The Morgan fingerprint density at radius 1 is 1.04 bits per heavy atom. The second-order valence-corrected chi connectivity index (χ2v) is 8.70. The van der Waals surface area contributed by atoms with Crippen LogP contribution in [0.15, 0.2) is 0 Å². The van der Waals surface area contributed by atoms with E-state index in [-0.39, 0.29) is 36.8 Å². The number of carbonyl (C=O) groups excluding carboxylic acids is 1. The molecule has 3 aliphatic rings. The summed E-state index contributed by atoms with van der Waals surface area (Å²) in [5.74, 6) is 1.34. The van der Waals surface area contributed by atoms with Gasteiger partial charge in [-0.05, 0) is 64.8 Å². The Kier molecular flexibility index (Phi) is 10.9. The third kappa shape index (κ3) is 7.36. The van der Waals surface area contributed by atoms with E-state index < -0.39 is 0 Å². The molecule has 2 saturated heterocycles. The fourth-order valence-electron chi connectivity index (χ4n) is 4.98. The van der Waals surface area contributed by atoms with Gasteiger partial charge in [-0.15, -0.1) is 24.8 Å². The minimum absolute atomic E-state index is 0. The number of nitrogens with two attached hydrogens (primary N) is 1. The molecule has 1 saturated carbocycles. The minimum atomic E-state index is 0. The van der Waals surface area contributed by atoms with E-state index in [4.69, 9.17) is 10.5 Å². The molecule has 3 rings (SSSR count). The molecular weight excluding hydrogens is 385 g/mol. The SMILES string of the molecule is CC1CN(CCC2CCN(C(=O)C3CCCC(N)C3)CC2)CC(C)O1.Cl.Cl. The zero-order valence-corrected chi connectivity index (χ0v) is 18.6. The fourth-order valence-corrected chi connectivity index (χ4v) is 4.98. The molecule has 0 radical (unpaired) electrons. The van der Waals surface area contributed by atoms with Crippen LogP contribution in [0.25, 0.3) is 0 Å². The Morgan fingerprint density at radius 2 is 1.67 bits per heavy atom. The molecule has 0 aromatic rings. The van der Waals surface area contributed by atoms with Gasteiger partial charge in [-0.3, -0.25) is 9.69 Å². The zero-order valence-electron chi connectivity index (χ0n) is 17.0. The van der Waals surface area contributed by atoms with E-state index in [1.54, 1.807) is 0 Å². The molecule has 27 heavy (non-hydrogen) atoms. The van der Waals surface area contributed by atoms with Gasteiger partial charge in [-0.25, -0.2) is 0 Å². The number of ether oxygens (including phenoxy) is 1. The highest BCUT2D eigenvalue weighted by Crippen LogP contribution is 2.28. The van der Waals surface area contributed by atoms with E-state index in [2.05, 4.69) is 23.6 Å². The summed E-state index contributed by atoms with van der Waals surface area (Å²) in [7, 11) is 0. The van der Waals surface area contributed by atoms with E-state index in [0.717, 1.165) is 57.8 Å². The van der Waals surface area contributed by atoms with Crippen LogP contribution in [-0.2, 0) is 9.53 Å². The topological polar surface area (TPSA) is 58.8 Å². The first-order valence-electron chi connectivity index (χ1n) is 10.4. The highest BCUT2D eigenvalue weighted by molar-refractivity contribution is 5.85. The van der Waals surface area contributed by atoms with Crippen molar-refractivity contribution in [3.8, 4) is 0 Å². The molecule has 4 atom stereocenters. The van der Waals surface area contributed by atoms with Crippen molar-refractivity contribution in [2.24, 2.45) is 17.6 Å². The van der Waals surface area contributed by atoms with Crippen LogP contribution in [-0.4, -0.2) is 66.7 Å². The van der Waals surface area contributed by atoms with Gasteiger partial charge in [0.25, 0.3) is 0 Å². The maximum atomic E-state index is 12.7. The normalized spacial score (nSPS) is 33.1. The summed E-state index contributed by atoms with van der Waals surface area (Å²) in [6.45, 7) is 9.53.